The second-order valence-electron chi connectivity index (χ2n) is 8.11. The summed E-state index contributed by atoms with van der Waals surface area (Å²) in [5, 5.41) is 3.03. The first-order valence-corrected chi connectivity index (χ1v) is 12.1. The average molecular weight is 441 g/mol. The van der Waals surface area contributed by atoms with E-state index in [1.807, 2.05) is 23.1 Å². The summed E-state index contributed by atoms with van der Waals surface area (Å²) < 4.78 is 28.8. The van der Waals surface area contributed by atoms with E-state index in [9.17, 15) is 13.2 Å². The van der Waals surface area contributed by atoms with Crippen LogP contribution in [0.2, 0.25) is 0 Å². The lowest BCUT2D eigenvalue weighted by atomic mass is 10.1. The van der Waals surface area contributed by atoms with Crippen molar-refractivity contribution in [3.63, 3.8) is 0 Å². The Kier molecular flexibility index (Phi) is 6.38. The molecule has 0 radical (unpaired) electrons. The fourth-order valence-electron chi connectivity index (χ4n) is 4.24. The topological polar surface area (TPSA) is 82.1 Å². The predicted molar refractivity (Wildman–Crippen MR) is 120 cm³/mol. The van der Waals surface area contributed by atoms with E-state index in [-0.39, 0.29) is 16.8 Å². The number of hydrogen-bond donors (Lipinski definition) is 1. The molecule has 2 aliphatic heterocycles. The number of nitrogens with one attached hydrogen (secondary N) is 1. The van der Waals surface area contributed by atoms with Gasteiger partial charge in [-0.25, -0.2) is 0 Å². The Morgan fingerprint density at radius 3 is 2.71 bits per heavy atom. The zero-order chi connectivity index (χ0) is 21.8. The molecule has 8 heteroatoms. The van der Waals surface area contributed by atoms with Crippen molar-refractivity contribution in [2.45, 2.75) is 36.7 Å². The van der Waals surface area contributed by atoms with Gasteiger partial charge in [0.2, 0.25) is 5.91 Å². The van der Waals surface area contributed by atoms with Crippen molar-refractivity contribution in [1.82, 2.24) is 15.1 Å². The Bertz CT molecular complexity index is 1070. The quantitative estimate of drug-likeness (QED) is 0.668. The van der Waals surface area contributed by atoms with Crippen molar-refractivity contribution in [3.05, 3.63) is 65.7 Å². The molecule has 0 unspecified atom stereocenters. The van der Waals surface area contributed by atoms with Crippen LogP contribution in [0.25, 0.3) is 0 Å². The fourth-order valence-corrected chi connectivity index (χ4v) is 5.46. The zero-order valence-corrected chi connectivity index (χ0v) is 18.5. The lowest BCUT2D eigenvalue weighted by Crippen LogP contribution is -2.46. The summed E-state index contributed by atoms with van der Waals surface area (Å²) in [5.41, 5.74) is 1.85. The minimum atomic E-state index is -3.69. The molecular formula is C23H28N4O3S. The molecule has 0 spiro atoms. The maximum absolute atomic E-state index is 12.9. The van der Waals surface area contributed by atoms with E-state index in [1.54, 1.807) is 24.3 Å². The Hall–Kier alpha value is -2.71. The summed E-state index contributed by atoms with van der Waals surface area (Å²) in [5.74, 6) is 0.337. The normalized spacial score (nSPS) is 19.4. The third kappa shape index (κ3) is 4.80. The number of likely N-dealkylation sites (tertiary alicyclic amines) is 1. The van der Waals surface area contributed by atoms with Gasteiger partial charge in [-0.05, 0) is 50.6 Å². The van der Waals surface area contributed by atoms with Gasteiger partial charge in [-0.15, -0.1) is 4.40 Å². The number of nitrogens with zero attached hydrogens (tertiary/aromatic N) is 3. The SMILES string of the molecule is CN(CCCNC(=O)[C@@H]1CCCN1C1=NS(=O)(=O)c2ccccc21)Cc1ccccc1. The highest BCUT2D eigenvalue weighted by atomic mass is 32.2. The summed E-state index contributed by atoms with van der Waals surface area (Å²) >= 11 is 0. The third-order valence-electron chi connectivity index (χ3n) is 5.75. The van der Waals surface area contributed by atoms with Crippen molar-refractivity contribution < 1.29 is 13.2 Å². The smallest absolute Gasteiger partial charge is 0.285 e. The monoisotopic (exact) mass is 440 g/mol. The molecular weight excluding hydrogens is 412 g/mol. The summed E-state index contributed by atoms with van der Waals surface area (Å²) in [6.07, 6.45) is 2.38. The van der Waals surface area contributed by atoms with Crippen LogP contribution in [0.1, 0.15) is 30.4 Å². The molecule has 164 valence electrons. The molecule has 31 heavy (non-hydrogen) atoms. The molecule has 2 aromatic carbocycles. The lowest BCUT2D eigenvalue weighted by Gasteiger charge is -2.25. The minimum absolute atomic E-state index is 0.0623. The molecule has 4 rings (SSSR count). The number of sulfonamides is 1. The van der Waals surface area contributed by atoms with E-state index in [1.165, 1.54) is 5.56 Å². The molecule has 1 saturated heterocycles. The van der Waals surface area contributed by atoms with Gasteiger partial charge in [0.15, 0.2) is 5.84 Å². The van der Waals surface area contributed by atoms with Crippen LogP contribution in [0, 0.1) is 0 Å². The molecule has 2 aromatic rings. The van der Waals surface area contributed by atoms with Crippen LogP contribution in [0.5, 0.6) is 0 Å². The van der Waals surface area contributed by atoms with Gasteiger partial charge in [0.25, 0.3) is 10.0 Å². The fraction of sp³-hybridized carbons (Fsp3) is 0.391. The summed E-state index contributed by atoms with van der Waals surface area (Å²) in [7, 11) is -1.62. The lowest BCUT2D eigenvalue weighted by molar-refractivity contribution is -0.124. The van der Waals surface area contributed by atoms with Crippen LogP contribution in [0.15, 0.2) is 63.9 Å². The molecule has 1 atom stereocenters. The van der Waals surface area contributed by atoms with E-state index >= 15 is 0 Å². The molecule has 2 aliphatic rings. The average Bonchev–Trinajstić information content (AvgIpc) is 3.35. The van der Waals surface area contributed by atoms with Crippen LogP contribution in [-0.2, 0) is 21.4 Å². The number of rotatable bonds is 7. The van der Waals surface area contributed by atoms with Gasteiger partial charge in [-0.1, -0.05) is 42.5 Å². The molecule has 1 amide bonds. The largest absolute Gasteiger partial charge is 0.354 e. The second kappa shape index (κ2) is 9.20. The van der Waals surface area contributed by atoms with Crippen LogP contribution >= 0.6 is 0 Å². The standard InChI is InChI=1S/C23H28N4O3S/c1-26(17-18-9-3-2-4-10-18)15-8-14-24-23(28)20-12-7-16-27(20)22-19-11-5-6-13-21(19)31(29,30)25-22/h2-6,9-11,13,20H,7-8,12,14-17H2,1H3,(H,24,28)/t20-/m0/s1. The van der Waals surface area contributed by atoms with Crippen LogP contribution in [-0.4, -0.2) is 62.7 Å². The van der Waals surface area contributed by atoms with Gasteiger partial charge >= 0.3 is 0 Å². The van der Waals surface area contributed by atoms with E-state index in [4.69, 9.17) is 0 Å². The van der Waals surface area contributed by atoms with Crippen molar-refractivity contribution in [1.29, 1.82) is 0 Å². The Labute approximate surface area is 183 Å². The highest BCUT2D eigenvalue weighted by Crippen LogP contribution is 2.31. The second-order valence-corrected chi connectivity index (χ2v) is 9.68. The number of carbonyl (C=O) groups excluding carboxylic acids is 1. The van der Waals surface area contributed by atoms with Gasteiger partial charge in [-0.2, -0.15) is 8.42 Å². The van der Waals surface area contributed by atoms with Crippen molar-refractivity contribution in [2.75, 3.05) is 26.7 Å². The number of carbonyl (C=O) groups is 1. The van der Waals surface area contributed by atoms with Gasteiger partial charge in [0.1, 0.15) is 10.9 Å². The summed E-state index contributed by atoms with van der Waals surface area (Å²) in [6, 6.07) is 16.7. The van der Waals surface area contributed by atoms with E-state index < -0.39 is 10.0 Å². The van der Waals surface area contributed by atoms with E-state index in [2.05, 4.69) is 33.8 Å². The number of benzene rings is 2. The first-order chi connectivity index (χ1) is 15.0. The Morgan fingerprint density at radius 2 is 1.90 bits per heavy atom. The van der Waals surface area contributed by atoms with E-state index in [0.717, 1.165) is 25.9 Å². The minimum Gasteiger partial charge on any atom is -0.354 e. The molecule has 0 bridgehead atoms. The molecule has 0 aromatic heterocycles. The molecule has 1 fully saturated rings. The number of amidine groups is 1. The van der Waals surface area contributed by atoms with Crippen molar-refractivity contribution in [3.8, 4) is 0 Å². The Balaban J connectivity index is 1.31. The maximum atomic E-state index is 12.9. The first-order valence-electron chi connectivity index (χ1n) is 10.7. The first kappa shape index (κ1) is 21.5. The third-order valence-corrected chi connectivity index (χ3v) is 7.08. The number of amides is 1. The van der Waals surface area contributed by atoms with Gasteiger partial charge < -0.3 is 15.1 Å². The summed E-state index contributed by atoms with van der Waals surface area (Å²) in [6.45, 7) is 2.96. The highest BCUT2D eigenvalue weighted by molar-refractivity contribution is 7.90. The van der Waals surface area contributed by atoms with Gasteiger partial charge in [-0.3, -0.25) is 4.79 Å². The maximum Gasteiger partial charge on any atom is 0.285 e. The highest BCUT2D eigenvalue weighted by Gasteiger charge is 2.39. The molecule has 7 nitrogen and oxygen atoms in total. The van der Waals surface area contributed by atoms with Crippen LogP contribution in [0.3, 0.4) is 0 Å². The van der Waals surface area contributed by atoms with Gasteiger partial charge in [0.05, 0.1) is 0 Å². The van der Waals surface area contributed by atoms with Crippen LogP contribution < -0.4 is 5.32 Å². The van der Waals surface area contributed by atoms with Gasteiger partial charge in [0, 0.05) is 25.2 Å². The predicted octanol–water partition coefficient (Wildman–Crippen LogP) is 2.24. The molecule has 0 saturated carbocycles. The number of fused-ring (bicyclic) bond motifs is 1. The Morgan fingerprint density at radius 1 is 1.16 bits per heavy atom. The van der Waals surface area contributed by atoms with Crippen molar-refractivity contribution in [2.24, 2.45) is 4.40 Å². The summed E-state index contributed by atoms with van der Waals surface area (Å²) in [4.78, 5) is 17.2. The molecule has 1 N–H and O–H groups in total. The molecule has 2 heterocycles. The molecule has 0 aliphatic carbocycles. The van der Waals surface area contributed by atoms with E-state index in [0.29, 0.717) is 30.9 Å². The number of hydrogen-bond acceptors (Lipinski definition) is 5. The van der Waals surface area contributed by atoms with Crippen LogP contribution in [0.4, 0.5) is 0 Å². The van der Waals surface area contributed by atoms with Crippen molar-refractivity contribution >= 4 is 21.8 Å². The zero-order valence-electron chi connectivity index (χ0n) is 17.7.